The molecule has 0 bridgehead atoms. The molecule has 92 valence electrons. The van der Waals surface area contributed by atoms with E-state index in [0.717, 1.165) is 5.69 Å². The van der Waals surface area contributed by atoms with Gasteiger partial charge in [0, 0.05) is 22.9 Å². The van der Waals surface area contributed by atoms with Gasteiger partial charge in [-0.1, -0.05) is 20.8 Å². The molecule has 0 aliphatic rings. The monoisotopic (exact) mass is 234 g/mol. The Morgan fingerprint density at radius 1 is 1.35 bits per heavy atom. The number of aryl methyl sites for hydroxylation is 1. The first-order valence-electron chi connectivity index (χ1n) is 5.55. The second-order valence-corrected chi connectivity index (χ2v) is 5.04. The molecule has 0 unspecified atom stereocenters. The first-order chi connectivity index (χ1) is 7.80. The zero-order valence-corrected chi connectivity index (χ0v) is 10.7. The summed E-state index contributed by atoms with van der Waals surface area (Å²) in [6, 6.07) is 3.32. The van der Waals surface area contributed by atoms with Crippen LogP contribution in [-0.4, -0.2) is 23.2 Å². The Hall–Kier alpha value is -1.71. The first kappa shape index (κ1) is 13.4. The molecule has 1 aromatic rings. The minimum Gasteiger partial charge on any atom is -0.345 e. The fourth-order valence-corrected chi connectivity index (χ4v) is 1.21. The maximum atomic E-state index is 11.7. The molecule has 1 amide bonds. The van der Waals surface area contributed by atoms with Gasteiger partial charge in [0.25, 0.3) is 5.91 Å². The van der Waals surface area contributed by atoms with Gasteiger partial charge in [-0.15, -0.1) is 0 Å². The van der Waals surface area contributed by atoms with Crippen LogP contribution in [0.4, 0.5) is 0 Å². The van der Waals surface area contributed by atoms with Crippen molar-refractivity contribution >= 4 is 11.7 Å². The molecule has 0 aliphatic heterocycles. The van der Waals surface area contributed by atoms with Crippen LogP contribution in [0.1, 0.15) is 36.8 Å². The molecule has 1 N–H and O–H groups in total. The van der Waals surface area contributed by atoms with Crippen LogP contribution in [0, 0.1) is 12.3 Å². The maximum absolute atomic E-state index is 11.7. The van der Waals surface area contributed by atoms with Crippen molar-refractivity contribution in [3.05, 3.63) is 29.6 Å². The third kappa shape index (κ3) is 3.98. The predicted molar refractivity (Wildman–Crippen MR) is 65.8 cm³/mol. The van der Waals surface area contributed by atoms with Crippen LogP contribution >= 0.6 is 0 Å². The summed E-state index contributed by atoms with van der Waals surface area (Å²) in [4.78, 5) is 27.4. The van der Waals surface area contributed by atoms with Gasteiger partial charge in [0.1, 0.15) is 0 Å². The van der Waals surface area contributed by atoms with Crippen molar-refractivity contribution in [1.29, 1.82) is 0 Å². The summed E-state index contributed by atoms with van der Waals surface area (Å²) < 4.78 is 0. The standard InChI is InChI=1S/C13H18N2O2/c1-9-7-10(5-6-14-9)12(17)15-8-11(16)13(2,3)4/h5-7H,8H2,1-4H3,(H,15,17). The molecule has 0 aliphatic carbocycles. The predicted octanol–water partition coefficient (Wildman–Crippen LogP) is 1.74. The summed E-state index contributed by atoms with van der Waals surface area (Å²) in [6.07, 6.45) is 1.58. The van der Waals surface area contributed by atoms with Crippen LogP contribution in [0.3, 0.4) is 0 Å². The lowest BCUT2D eigenvalue weighted by molar-refractivity contribution is -0.125. The van der Waals surface area contributed by atoms with Crippen LogP contribution in [0.2, 0.25) is 0 Å². The van der Waals surface area contributed by atoms with E-state index in [9.17, 15) is 9.59 Å². The molecule has 4 heteroatoms. The van der Waals surface area contributed by atoms with Crippen molar-refractivity contribution in [1.82, 2.24) is 10.3 Å². The number of ketones is 1. The Morgan fingerprint density at radius 3 is 2.53 bits per heavy atom. The third-order valence-corrected chi connectivity index (χ3v) is 2.40. The van der Waals surface area contributed by atoms with E-state index in [1.807, 2.05) is 27.7 Å². The second kappa shape index (κ2) is 5.08. The molecule has 1 aromatic heterocycles. The zero-order chi connectivity index (χ0) is 13.1. The van der Waals surface area contributed by atoms with Gasteiger partial charge in [0.15, 0.2) is 5.78 Å². The number of amides is 1. The molecule has 0 atom stereocenters. The van der Waals surface area contributed by atoms with Gasteiger partial charge < -0.3 is 5.32 Å². The first-order valence-corrected chi connectivity index (χ1v) is 5.55. The molecular weight excluding hydrogens is 216 g/mol. The van der Waals surface area contributed by atoms with Gasteiger partial charge in [-0.3, -0.25) is 14.6 Å². The zero-order valence-electron chi connectivity index (χ0n) is 10.7. The average molecular weight is 234 g/mol. The smallest absolute Gasteiger partial charge is 0.251 e. The largest absolute Gasteiger partial charge is 0.345 e. The molecule has 4 nitrogen and oxygen atoms in total. The summed E-state index contributed by atoms with van der Waals surface area (Å²) in [7, 11) is 0. The molecule has 0 aromatic carbocycles. The Kier molecular flexibility index (Phi) is 3.99. The summed E-state index contributed by atoms with van der Waals surface area (Å²) in [5.74, 6) is -0.232. The maximum Gasteiger partial charge on any atom is 0.251 e. The van der Waals surface area contributed by atoms with Crippen molar-refractivity contribution in [2.75, 3.05) is 6.54 Å². The number of rotatable bonds is 3. The number of hydrogen-bond donors (Lipinski definition) is 1. The number of carbonyl (C=O) groups is 2. The van der Waals surface area contributed by atoms with E-state index < -0.39 is 5.41 Å². The second-order valence-electron chi connectivity index (χ2n) is 5.04. The highest BCUT2D eigenvalue weighted by Gasteiger charge is 2.21. The van der Waals surface area contributed by atoms with E-state index in [0.29, 0.717) is 5.56 Å². The van der Waals surface area contributed by atoms with Crippen LogP contribution in [0.15, 0.2) is 18.3 Å². The van der Waals surface area contributed by atoms with Gasteiger partial charge in [0.2, 0.25) is 0 Å². The quantitative estimate of drug-likeness (QED) is 0.866. The summed E-state index contributed by atoms with van der Waals surface area (Å²) in [6.45, 7) is 7.37. The number of nitrogens with zero attached hydrogens (tertiary/aromatic N) is 1. The fraction of sp³-hybridized carbons (Fsp3) is 0.462. The van der Waals surface area contributed by atoms with Crippen molar-refractivity contribution in [2.45, 2.75) is 27.7 Å². The summed E-state index contributed by atoms with van der Waals surface area (Å²) in [5.41, 5.74) is 0.876. The van der Waals surface area contributed by atoms with Crippen molar-refractivity contribution < 1.29 is 9.59 Å². The fourth-order valence-electron chi connectivity index (χ4n) is 1.21. The van der Waals surface area contributed by atoms with E-state index >= 15 is 0 Å². The summed E-state index contributed by atoms with van der Waals surface area (Å²) in [5, 5.41) is 2.62. The molecule has 1 rings (SSSR count). The van der Waals surface area contributed by atoms with Crippen LogP contribution in [0.25, 0.3) is 0 Å². The van der Waals surface area contributed by atoms with Gasteiger partial charge in [0.05, 0.1) is 6.54 Å². The SMILES string of the molecule is Cc1cc(C(=O)NCC(=O)C(C)(C)C)ccn1. The van der Waals surface area contributed by atoms with Gasteiger partial charge >= 0.3 is 0 Å². The summed E-state index contributed by atoms with van der Waals surface area (Å²) >= 11 is 0. The van der Waals surface area contributed by atoms with Crippen molar-refractivity contribution in [3.8, 4) is 0 Å². The van der Waals surface area contributed by atoms with Gasteiger partial charge in [-0.25, -0.2) is 0 Å². The van der Waals surface area contributed by atoms with Crippen LogP contribution in [0.5, 0.6) is 0 Å². The van der Waals surface area contributed by atoms with Crippen molar-refractivity contribution in [2.24, 2.45) is 5.41 Å². The minimum atomic E-state index is -0.429. The number of hydrogen-bond acceptors (Lipinski definition) is 3. The number of nitrogens with one attached hydrogen (secondary N) is 1. The molecule has 17 heavy (non-hydrogen) atoms. The third-order valence-electron chi connectivity index (χ3n) is 2.40. The van der Waals surface area contributed by atoms with Crippen LogP contribution in [-0.2, 0) is 4.79 Å². The Balaban J connectivity index is 2.60. The lowest BCUT2D eigenvalue weighted by atomic mass is 9.91. The normalized spacial score (nSPS) is 11.1. The molecule has 0 saturated carbocycles. The highest BCUT2D eigenvalue weighted by Crippen LogP contribution is 2.13. The molecular formula is C13H18N2O2. The molecule has 0 fully saturated rings. The number of Topliss-reactive ketones (excluding diaryl/α,β-unsaturated/α-hetero) is 1. The van der Waals surface area contributed by atoms with Crippen LogP contribution < -0.4 is 5.32 Å². The van der Waals surface area contributed by atoms with E-state index in [1.165, 1.54) is 0 Å². The number of pyridine rings is 1. The minimum absolute atomic E-state index is 0.0108. The number of carbonyl (C=O) groups excluding carboxylic acids is 2. The van der Waals surface area contributed by atoms with E-state index in [-0.39, 0.29) is 18.2 Å². The van der Waals surface area contributed by atoms with E-state index in [4.69, 9.17) is 0 Å². The van der Waals surface area contributed by atoms with Crippen molar-refractivity contribution in [3.63, 3.8) is 0 Å². The van der Waals surface area contributed by atoms with Gasteiger partial charge in [-0.2, -0.15) is 0 Å². The lowest BCUT2D eigenvalue weighted by Gasteiger charge is -2.16. The average Bonchev–Trinajstić information content (AvgIpc) is 2.24. The highest BCUT2D eigenvalue weighted by molar-refractivity contribution is 5.97. The highest BCUT2D eigenvalue weighted by atomic mass is 16.2. The Morgan fingerprint density at radius 2 is 2.00 bits per heavy atom. The molecule has 1 heterocycles. The van der Waals surface area contributed by atoms with E-state index in [1.54, 1.807) is 18.3 Å². The Labute approximate surface area is 101 Å². The lowest BCUT2D eigenvalue weighted by Crippen LogP contribution is -2.35. The van der Waals surface area contributed by atoms with Gasteiger partial charge in [-0.05, 0) is 19.1 Å². The topological polar surface area (TPSA) is 59.1 Å². The molecule has 0 spiro atoms. The molecule has 0 saturated heterocycles. The van der Waals surface area contributed by atoms with E-state index in [2.05, 4.69) is 10.3 Å². The molecule has 0 radical (unpaired) electrons. The Bertz CT molecular complexity index is 433. The number of aromatic nitrogens is 1.